The van der Waals surface area contributed by atoms with Crippen LogP contribution in [-0.4, -0.2) is 88.9 Å². The standard InChI is InChI=1S/C16H16F18O6S2/c1-2-8(40-42(37,38)6-4-10(19,20)12(23,24)14(27,28)16(32,33)34)7-39-41(35,36)5-3-9(17,18)11(21,22)13(25,26)15(29,30)31/h8H,2-7H2,1H3. The van der Waals surface area contributed by atoms with Gasteiger partial charge in [0.2, 0.25) is 0 Å². The predicted molar refractivity (Wildman–Crippen MR) is 99.7 cm³/mol. The highest BCUT2D eigenvalue weighted by Crippen LogP contribution is 2.55. The predicted octanol–water partition coefficient (Wildman–Crippen LogP) is 6.17. The third kappa shape index (κ3) is 8.59. The van der Waals surface area contributed by atoms with E-state index in [1.807, 2.05) is 0 Å². The van der Waals surface area contributed by atoms with Gasteiger partial charge >= 0.3 is 47.9 Å². The number of hydrogen-bond acceptors (Lipinski definition) is 6. The Morgan fingerprint density at radius 1 is 0.524 bits per heavy atom. The second-order valence-electron chi connectivity index (χ2n) is 8.14. The highest BCUT2D eigenvalue weighted by molar-refractivity contribution is 7.87. The molecule has 0 aliphatic heterocycles. The summed E-state index contributed by atoms with van der Waals surface area (Å²) in [7, 11) is -11.3. The number of rotatable bonds is 16. The fourth-order valence-electron chi connectivity index (χ4n) is 2.34. The Kier molecular flexibility index (Phi) is 11.7. The lowest BCUT2D eigenvalue weighted by molar-refractivity contribution is -0.396. The van der Waals surface area contributed by atoms with E-state index in [0.717, 1.165) is 6.92 Å². The number of alkyl halides is 18. The normalized spacial score (nSPS) is 16.5. The SMILES string of the molecule is CCC(COS(=O)(=O)CCC(F)(F)C(F)(F)C(F)(F)C(F)(F)F)OS(=O)(=O)CCC(F)(F)C(F)(F)C(F)(F)C(F)(F)F. The van der Waals surface area contributed by atoms with Crippen LogP contribution in [0.2, 0.25) is 0 Å². The van der Waals surface area contributed by atoms with Crippen LogP contribution in [0, 0.1) is 0 Å². The van der Waals surface area contributed by atoms with Crippen LogP contribution in [0.4, 0.5) is 79.0 Å². The fraction of sp³-hybridized carbons (Fsp3) is 1.00. The summed E-state index contributed by atoms with van der Waals surface area (Å²) in [5.41, 5.74) is 0. The Morgan fingerprint density at radius 3 is 1.12 bits per heavy atom. The van der Waals surface area contributed by atoms with E-state index in [9.17, 15) is 95.9 Å². The Morgan fingerprint density at radius 2 is 0.833 bits per heavy atom. The molecular formula is C16H16F18O6S2. The van der Waals surface area contributed by atoms with Crippen molar-refractivity contribution in [1.82, 2.24) is 0 Å². The molecule has 0 heterocycles. The quantitative estimate of drug-likeness (QED) is 0.141. The van der Waals surface area contributed by atoms with Crippen molar-refractivity contribution < 1.29 is 104 Å². The van der Waals surface area contributed by atoms with E-state index in [1.165, 1.54) is 0 Å². The van der Waals surface area contributed by atoms with Crippen molar-refractivity contribution in [2.24, 2.45) is 0 Å². The maximum Gasteiger partial charge on any atom is 0.460 e. The van der Waals surface area contributed by atoms with Gasteiger partial charge in [-0.25, -0.2) is 0 Å². The maximum absolute atomic E-state index is 13.5. The molecule has 0 radical (unpaired) electrons. The maximum atomic E-state index is 13.5. The molecule has 254 valence electrons. The van der Waals surface area contributed by atoms with Crippen molar-refractivity contribution in [2.45, 2.75) is 80.2 Å². The highest BCUT2D eigenvalue weighted by atomic mass is 32.2. The first-order chi connectivity index (χ1) is 18.1. The third-order valence-electron chi connectivity index (χ3n) is 4.92. The second-order valence-corrected chi connectivity index (χ2v) is 11.6. The van der Waals surface area contributed by atoms with Gasteiger partial charge in [0.1, 0.15) is 6.10 Å². The molecule has 1 atom stereocenters. The van der Waals surface area contributed by atoms with E-state index in [4.69, 9.17) is 0 Å². The van der Waals surface area contributed by atoms with E-state index >= 15 is 0 Å². The van der Waals surface area contributed by atoms with Crippen molar-refractivity contribution in [3.05, 3.63) is 0 Å². The Bertz CT molecular complexity index is 1130. The first-order valence-corrected chi connectivity index (χ1v) is 13.4. The van der Waals surface area contributed by atoms with Gasteiger partial charge in [0.05, 0.1) is 18.1 Å². The third-order valence-corrected chi connectivity index (χ3v) is 7.39. The van der Waals surface area contributed by atoms with Crippen LogP contribution in [0.15, 0.2) is 0 Å². The van der Waals surface area contributed by atoms with E-state index < -0.39 is 112 Å². The zero-order chi connectivity index (χ0) is 34.2. The summed E-state index contributed by atoms with van der Waals surface area (Å²) in [5, 5.41) is 0. The molecule has 0 aromatic heterocycles. The van der Waals surface area contributed by atoms with E-state index in [-0.39, 0.29) is 0 Å². The Balaban J connectivity index is 5.46. The van der Waals surface area contributed by atoms with Gasteiger partial charge in [-0.05, 0) is 6.42 Å². The Hall–Kier alpha value is -1.44. The lowest BCUT2D eigenvalue weighted by atomic mass is 10.0. The first-order valence-electron chi connectivity index (χ1n) is 10.2. The first kappa shape index (κ1) is 40.6. The summed E-state index contributed by atoms with van der Waals surface area (Å²) in [6, 6.07) is 0. The van der Waals surface area contributed by atoms with Gasteiger partial charge in [-0.2, -0.15) is 95.9 Å². The van der Waals surface area contributed by atoms with Crippen LogP contribution >= 0.6 is 0 Å². The molecule has 0 saturated carbocycles. The summed E-state index contributed by atoms with van der Waals surface area (Å²) in [6.07, 6.45) is -23.3. The minimum absolute atomic E-state index is 0.778. The lowest BCUT2D eigenvalue weighted by Gasteiger charge is -2.33. The molecule has 0 aliphatic rings. The Labute approximate surface area is 223 Å². The van der Waals surface area contributed by atoms with Gasteiger partial charge in [0.25, 0.3) is 20.2 Å². The van der Waals surface area contributed by atoms with Crippen molar-refractivity contribution in [3.8, 4) is 0 Å². The van der Waals surface area contributed by atoms with Crippen molar-refractivity contribution in [2.75, 3.05) is 18.1 Å². The summed E-state index contributed by atoms with van der Waals surface area (Å²) in [4.78, 5) is 0. The molecule has 0 aromatic rings. The number of hydrogen-bond donors (Lipinski definition) is 0. The van der Waals surface area contributed by atoms with E-state index in [0.29, 0.717) is 0 Å². The van der Waals surface area contributed by atoms with Crippen molar-refractivity contribution in [1.29, 1.82) is 0 Å². The minimum Gasteiger partial charge on any atom is -0.267 e. The second kappa shape index (κ2) is 12.2. The molecule has 0 aromatic carbocycles. The fourth-order valence-corrected chi connectivity index (χ4v) is 4.54. The molecule has 26 heteroatoms. The van der Waals surface area contributed by atoms with Crippen LogP contribution in [0.1, 0.15) is 26.2 Å². The molecule has 6 nitrogen and oxygen atoms in total. The molecule has 0 aliphatic carbocycles. The monoisotopic (exact) mass is 710 g/mol. The van der Waals surface area contributed by atoms with E-state index in [1.54, 1.807) is 0 Å². The molecule has 0 bridgehead atoms. The largest absolute Gasteiger partial charge is 0.460 e. The average molecular weight is 710 g/mol. The molecule has 1 unspecified atom stereocenters. The van der Waals surface area contributed by atoms with E-state index in [2.05, 4.69) is 8.37 Å². The zero-order valence-electron chi connectivity index (χ0n) is 19.9. The van der Waals surface area contributed by atoms with Crippen molar-refractivity contribution >= 4 is 20.2 Å². The van der Waals surface area contributed by atoms with Crippen LogP contribution in [0.25, 0.3) is 0 Å². The summed E-state index contributed by atoms with van der Waals surface area (Å²) < 4.78 is 285. The minimum atomic E-state index is -7.36. The van der Waals surface area contributed by atoms with Crippen LogP contribution < -0.4 is 0 Å². The smallest absolute Gasteiger partial charge is 0.267 e. The average Bonchev–Trinajstić information content (AvgIpc) is 2.77. The molecule has 0 fully saturated rings. The van der Waals surface area contributed by atoms with Gasteiger partial charge in [-0.15, -0.1) is 0 Å². The summed E-state index contributed by atoms with van der Waals surface area (Å²) in [6.45, 7) is -0.811. The van der Waals surface area contributed by atoms with Crippen LogP contribution in [0.5, 0.6) is 0 Å². The zero-order valence-corrected chi connectivity index (χ0v) is 21.5. The molecule has 42 heavy (non-hydrogen) atoms. The van der Waals surface area contributed by atoms with Crippen LogP contribution in [0.3, 0.4) is 0 Å². The van der Waals surface area contributed by atoms with Gasteiger partial charge < -0.3 is 0 Å². The highest BCUT2D eigenvalue weighted by Gasteiger charge is 2.82. The molecular weight excluding hydrogens is 694 g/mol. The van der Waals surface area contributed by atoms with Gasteiger partial charge in [0, 0.05) is 12.8 Å². The van der Waals surface area contributed by atoms with Crippen LogP contribution in [-0.2, 0) is 28.6 Å². The topological polar surface area (TPSA) is 86.7 Å². The molecule has 0 N–H and O–H groups in total. The lowest BCUT2D eigenvalue weighted by Crippen LogP contribution is -2.61. The van der Waals surface area contributed by atoms with Gasteiger partial charge in [-0.1, -0.05) is 6.92 Å². The molecule has 0 rings (SSSR count). The number of halogens is 18. The van der Waals surface area contributed by atoms with Gasteiger partial charge in [-0.3, -0.25) is 8.37 Å². The molecule has 0 saturated heterocycles. The van der Waals surface area contributed by atoms with Crippen molar-refractivity contribution in [3.63, 3.8) is 0 Å². The summed E-state index contributed by atoms with van der Waals surface area (Å²) in [5.74, 6) is -46.7. The molecule has 0 amide bonds. The van der Waals surface area contributed by atoms with Gasteiger partial charge in [0.15, 0.2) is 0 Å². The summed E-state index contributed by atoms with van der Waals surface area (Å²) >= 11 is 0. The molecule has 0 spiro atoms.